The number of hydrogen-bond acceptors (Lipinski definition) is 3. The van der Waals surface area contributed by atoms with Crippen LogP contribution in [0.25, 0.3) is 0 Å². The molecule has 1 heterocycles. The van der Waals surface area contributed by atoms with Crippen LogP contribution in [0.2, 0.25) is 0 Å². The number of carbonyl (C=O) groups is 2. The average molecular weight is 261 g/mol. The first-order chi connectivity index (χ1) is 8.85. The number of fused-ring (bicyclic) bond motifs is 1. The molecule has 5 heteroatoms. The average Bonchev–Trinajstić information content (AvgIpc) is 2.64. The first kappa shape index (κ1) is 13.5. The first-order valence-corrected chi connectivity index (χ1v) is 6.27. The van der Waals surface area contributed by atoms with E-state index in [1.165, 1.54) is 4.90 Å². The molecule has 0 saturated carbocycles. The normalized spacial score (nSPS) is 14.7. The zero-order valence-electron chi connectivity index (χ0n) is 11.3. The fourth-order valence-corrected chi connectivity index (χ4v) is 2.25. The fourth-order valence-electron chi connectivity index (χ4n) is 2.25. The molecule has 1 aliphatic rings. The summed E-state index contributed by atoms with van der Waals surface area (Å²) in [6.45, 7) is 4.59. The fraction of sp³-hybridized carbons (Fsp3) is 0.429. The SMILES string of the molecule is CC(C)(CN)c1ccc2c(c1)CC(=O)N2CC(N)=O. The summed E-state index contributed by atoms with van der Waals surface area (Å²) in [4.78, 5) is 24.3. The van der Waals surface area contributed by atoms with Crippen molar-refractivity contribution in [1.29, 1.82) is 0 Å². The Kier molecular flexibility index (Phi) is 3.32. The van der Waals surface area contributed by atoms with Gasteiger partial charge >= 0.3 is 0 Å². The highest BCUT2D eigenvalue weighted by molar-refractivity contribution is 6.04. The summed E-state index contributed by atoms with van der Waals surface area (Å²) in [5.74, 6) is -0.593. The molecule has 0 spiro atoms. The molecule has 0 bridgehead atoms. The van der Waals surface area contributed by atoms with E-state index < -0.39 is 5.91 Å². The maximum absolute atomic E-state index is 11.9. The van der Waals surface area contributed by atoms with Crippen molar-refractivity contribution in [1.82, 2.24) is 0 Å². The Hall–Kier alpha value is -1.88. The van der Waals surface area contributed by atoms with E-state index in [4.69, 9.17) is 11.5 Å². The Bertz CT molecular complexity index is 537. The van der Waals surface area contributed by atoms with Gasteiger partial charge in [0.15, 0.2) is 0 Å². The van der Waals surface area contributed by atoms with Crippen molar-refractivity contribution in [3.8, 4) is 0 Å². The minimum atomic E-state index is -0.507. The standard InChI is InChI=1S/C14H19N3O2/c1-14(2,8-15)10-3-4-11-9(5-10)6-13(19)17(11)7-12(16)18/h3-5H,6-8,15H2,1-2H3,(H2,16,18). The van der Waals surface area contributed by atoms with Gasteiger partial charge < -0.3 is 16.4 Å². The minimum Gasteiger partial charge on any atom is -0.368 e. The van der Waals surface area contributed by atoms with Crippen molar-refractivity contribution in [2.45, 2.75) is 25.7 Å². The molecule has 0 aliphatic carbocycles. The summed E-state index contributed by atoms with van der Waals surface area (Å²) < 4.78 is 0. The van der Waals surface area contributed by atoms with Crippen LogP contribution in [0.4, 0.5) is 5.69 Å². The molecular weight excluding hydrogens is 242 g/mol. The number of nitrogens with two attached hydrogens (primary N) is 2. The second-order valence-electron chi connectivity index (χ2n) is 5.55. The van der Waals surface area contributed by atoms with Gasteiger partial charge in [-0.2, -0.15) is 0 Å². The Balaban J connectivity index is 2.37. The van der Waals surface area contributed by atoms with Gasteiger partial charge in [0.2, 0.25) is 11.8 Å². The maximum atomic E-state index is 11.9. The van der Waals surface area contributed by atoms with Crippen LogP contribution in [0.5, 0.6) is 0 Å². The molecule has 1 aliphatic heterocycles. The van der Waals surface area contributed by atoms with Gasteiger partial charge in [-0.05, 0) is 17.2 Å². The van der Waals surface area contributed by atoms with Gasteiger partial charge in [-0.15, -0.1) is 0 Å². The lowest BCUT2D eigenvalue weighted by molar-refractivity contribution is -0.121. The highest BCUT2D eigenvalue weighted by atomic mass is 16.2. The lowest BCUT2D eigenvalue weighted by Gasteiger charge is -2.24. The predicted molar refractivity (Wildman–Crippen MR) is 73.8 cm³/mol. The van der Waals surface area contributed by atoms with E-state index in [0.717, 1.165) is 16.8 Å². The molecule has 1 aromatic rings. The van der Waals surface area contributed by atoms with Crippen molar-refractivity contribution >= 4 is 17.5 Å². The number of carbonyl (C=O) groups excluding carboxylic acids is 2. The first-order valence-electron chi connectivity index (χ1n) is 6.27. The smallest absolute Gasteiger partial charge is 0.237 e. The monoisotopic (exact) mass is 261 g/mol. The molecule has 2 rings (SSSR count). The van der Waals surface area contributed by atoms with E-state index in [0.29, 0.717) is 13.0 Å². The molecule has 0 aromatic heterocycles. The lowest BCUT2D eigenvalue weighted by atomic mass is 9.84. The molecule has 4 N–H and O–H groups in total. The lowest BCUT2D eigenvalue weighted by Crippen LogP contribution is -2.35. The summed E-state index contributed by atoms with van der Waals surface area (Å²) in [5, 5.41) is 0. The Labute approximate surface area is 112 Å². The Morgan fingerprint density at radius 1 is 1.42 bits per heavy atom. The van der Waals surface area contributed by atoms with Gasteiger partial charge in [-0.1, -0.05) is 26.0 Å². The largest absolute Gasteiger partial charge is 0.368 e. The van der Waals surface area contributed by atoms with E-state index in [2.05, 4.69) is 13.8 Å². The third kappa shape index (κ3) is 2.46. The summed E-state index contributed by atoms with van der Waals surface area (Å²) in [6.07, 6.45) is 0.317. The third-order valence-electron chi connectivity index (χ3n) is 3.62. The van der Waals surface area contributed by atoms with Crippen LogP contribution in [0.1, 0.15) is 25.0 Å². The molecular formula is C14H19N3O2. The molecule has 0 radical (unpaired) electrons. The molecule has 102 valence electrons. The van der Waals surface area contributed by atoms with E-state index in [-0.39, 0.29) is 17.9 Å². The summed E-state index contributed by atoms with van der Waals surface area (Å²) >= 11 is 0. The van der Waals surface area contributed by atoms with Gasteiger partial charge in [-0.25, -0.2) is 0 Å². The summed E-state index contributed by atoms with van der Waals surface area (Å²) in [7, 11) is 0. The second-order valence-corrected chi connectivity index (χ2v) is 5.55. The topological polar surface area (TPSA) is 89.4 Å². The molecule has 2 amide bonds. The highest BCUT2D eigenvalue weighted by Gasteiger charge is 2.30. The highest BCUT2D eigenvalue weighted by Crippen LogP contribution is 2.33. The van der Waals surface area contributed by atoms with Crippen LogP contribution in [0.3, 0.4) is 0 Å². The zero-order valence-corrected chi connectivity index (χ0v) is 11.3. The Morgan fingerprint density at radius 3 is 2.68 bits per heavy atom. The van der Waals surface area contributed by atoms with Gasteiger partial charge in [0.1, 0.15) is 6.54 Å². The van der Waals surface area contributed by atoms with Crippen LogP contribution in [0, 0.1) is 0 Å². The molecule has 5 nitrogen and oxygen atoms in total. The third-order valence-corrected chi connectivity index (χ3v) is 3.62. The van der Waals surface area contributed by atoms with Crippen molar-refractivity contribution < 1.29 is 9.59 Å². The van der Waals surface area contributed by atoms with E-state index in [1.807, 2.05) is 18.2 Å². The van der Waals surface area contributed by atoms with Crippen LogP contribution in [-0.2, 0) is 21.4 Å². The number of hydrogen-bond donors (Lipinski definition) is 2. The van der Waals surface area contributed by atoms with Crippen LogP contribution in [-0.4, -0.2) is 24.9 Å². The number of rotatable bonds is 4. The van der Waals surface area contributed by atoms with Gasteiger partial charge in [-0.3, -0.25) is 9.59 Å². The minimum absolute atomic E-state index is 0.0640. The van der Waals surface area contributed by atoms with Crippen LogP contribution < -0.4 is 16.4 Å². The molecule has 0 atom stereocenters. The van der Waals surface area contributed by atoms with Crippen molar-refractivity contribution in [2.75, 3.05) is 18.0 Å². The molecule has 0 fully saturated rings. The Morgan fingerprint density at radius 2 is 2.11 bits per heavy atom. The zero-order chi connectivity index (χ0) is 14.2. The quantitative estimate of drug-likeness (QED) is 0.816. The van der Waals surface area contributed by atoms with E-state index in [1.54, 1.807) is 0 Å². The van der Waals surface area contributed by atoms with E-state index in [9.17, 15) is 9.59 Å². The van der Waals surface area contributed by atoms with Gasteiger partial charge in [0, 0.05) is 17.6 Å². The van der Waals surface area contributed by atoms with Crippen molar-refractivity contribution in [3.05, 3.63) is 29.3 Å². The number of amides is 2. The molecule has 1 aromatic carbocycles. The molecule has 19 heavy (non-hydrogen) atoms. The number of benzene rings is 1. The number of nitrogens with zero attached hydrogens (tertiary/aromatic N) is 1. The van der Waals surface area contributed by atoms with E-state index >= 15 is 0 Å². The second kappa shape index (κ2) is 4.66. The predicted octanol–water partition coefficient (Wildman–Crippen LogP) is 0.297. The summed E-state index contributed by atoms with van der Waals surface area (Å²) in [5.41, 5.74) is 13.6. The summed E-state index contributed by atoms with van der Waals surface area (Å²) in [6, 6.07) is 5.83. The van der Waals surface area contributed by atoms with Crippen LogP contribution >= 0.6 is 0 Å². The number of anilines is 1. The van der Waals surface area contributed by atoms with Gasteiger partial charge in [0.05, 0.1) is 6.42 Å². The van der Waals surface area contributed by atoms with Crippen LogP contribution in [0.15, 0.2) is 18.2 Å². The molecule has 0 unspecified atom stereocenters. The van der Waals surface area contributed by atoms with Crippen molar-refractivity contribution in [2.24, 2.45) is 11.5 Å². The molecule has 0 saturated heterocycles. The maximum Gasteiger partial charge on any atom is 0.237 e. The number of primary amides is 1. The van der Waals surface area contributed by atoms with Crippen molar-refractivity contribution in [3.63, 3.8) is 0 Å². The van der Waals surface area contributed by atoms with Gasteiger partial charge in [0.25, 0.3) is 0 Å².